The Labute approximate surface area is 103 Å². The van der Waals surface area contributed by atoms with Crippen LogP contribution in [0.25, 0.3) is 0 Å². The van der Waals surface area contributed by atoms with Gasteiger partial charge in [0.15, 0.2) is 6.29 Å². The van der Waals surface area contributed by atoms with Crippen LogP contribution >= 0.6 is 0 Å². The van der Waals surface area contributed by atoms with E-state index in [4.69, 9.17) is 19.3 Å². The van der Waals surface area contributed by atoms with Gasteiger partial charge in [0.1, 0.15) is 12.2 Å². The van der Waals surface area contributed by atoms with Crippen LogP contribution < -0.4 is 0 Å². The average Bonchev–Trinajstić information content (AvgIpc) is 2.75. The Bertz CT molecular complexity index is 197. The Morgan fingerprint density at radius 3 is 2.82 bits per heavy atom. The van der Waals surface area contributed by atoms with Gasteiger partial charge >= 0.3 is 0 Å². The minimum absolute atomic E-state index is 0.0595. The number of unbranched alkanes of at least 4 members (excludes halogenated alkanes) is 1. The summed E-state index contributed by atoms with van der Waals surface area (Å²) in [6.07, 6.45) is 1.54. The number of rotatable bonds is 8. The standard InChI is InChI=1S/C12H24O5/c1-3-4-5-11-16-8-10(17-11)12(9(2)14)15-7-6-13/h9-14H,3-8H2,1-2H3/t9-,10?,11?,12+/m1/s1. The van der Waals surface area contributed by atoms with Crippen molar-refractivity contribution in [2.45, 2.75) is 57.7 Å². The third kappa shape index (κ3) is 4.89. The lowest BCUT2D eigenvalue weighted by Gasteiger charge is -2.25. The maximum Gasteiger partial charge on any atom is 0.158 e. The second kappa shape index (κ2) is 8.00. The first-order valence-corrected chi connectivity index (χ1v) is 6.36. The van der Waals surface area contributed by atoms with Crippen LogP contribution in [0.3, 0.4) is 0 Å². The SMILES string of the molecule is CCCCC1OCC([C@@H](OCCO)[C@@H](C)O)O1. The van der Waals surface area contributed by atoms with Crippen molar-refractivity contribution in [3.8, 4) is 0 Å². The molecule has 0 aromatic rings. The van der Waals surface area contributed by atoms with E-state index >= 15 is 0 Å². The normalized spacial score (nSPS) is 28.2. The number of hydrogen-bond acceptors (Lipinski definition) is 5. The van der Waals surface area contributed by atoms with E-state index in [1.54, 1.807) is 6.92 Å². The number of aliphatic hydroxyl groups excluding tert-OH is 2. The van der Waals surface area contributed by atoms with E-state index in [9.17, 15) is 5.11 Å². The van der Waals surface area contributed by atoms with Crippen molar-refractivity contribution in [1.29, 1.82) is 0 Å². The summed E-state index contributed by atoms with van der Waals surface area (Å²) >= 11 is 0. The summed E-state index contributed by atoms with van der Waals surface area (Å²) in [5, 5.41) is 18.3. The summed E-state index contributed by atoms with van der Waals surface area (Å²) in [6, 6.07) is 0. The first-order valence-electron chi connectivity index (χ1n) is 6.36. The zero-order valence-corrected chi connectivity index (χ0v) is 10.7. The molecule has 17 heavy (non-hydrogen) atoms. The van der Waals surface area contributed by atoms with Crippen molar-refractivity contribution in [1.82, 2.24) is 0 Å². The molecule has 2 N–H and O–H groups in total. The lowest BCUT2D eigenvalue weighted by molar-refractivity contribution is -0.128. The van der Waals surface area contributed by atoms with Crippen molar-refractivity contribution in [2.75, 3.05) is 19.8 Å². The van der Waals surface area contributed by atoms with Crippen molar-refractivity contribution in [3.05, 3.63) is 0 Å². The zero-order chi connectivity index (χ0) is 12.7. The van der Waals surface area contributed by atoms with Crippen LogP contribution in [0.15, 0.2) is 0 Å². The molecule has 1 aliphatic heterocycles. The minimum atomic E-state index is -0.639. The molecular formula is C12H24O5. The molecule has 1 heterocycles. The molecular weight excluding hydrogens is 224 g/mol. The second-order valence-corrected chi connectivity index (χ2v) is 4.38. The lowest BCUT2D eigenvalue weighted by Crippen LogP contribution is -2.40. The van der Waals surface area contributed by atoms with Crippen LogP contribution in [-0.4, -0.2) is 54.6 Å². The molecule has 5 nitrogen and oxygen atoms in total. The van der Waals surface area contributed by atoms with Crippen molar-refractivity contribution >= 4 is 0 Å². The topological polar surface area (TPSA) is 68.2 Å². The highest BCUT2D eigenvalue weighted by Gasteiger charge is 2.35. The van der Waals surface area contributed by atoms with Gasteiger partial charge in [-0.3, -0.25) is 0 Å². The van der Waals surface area contributed by atoms with Gasteiger partial charge in [-0.1, -0.05) is 13.3 Å². The predicted octanol–water partition coefficient (Wildman–Crippen LogP) is 0.676. The van der Waals surface area contributed by atoms with Crippen molar-refractivity contribution < 1.29 is 24.4 Å². The Morgan fingerprint density at radius 1 is 1.47 bits per heavy atom. The number of hydrogen-bond donors (Lipinski definition) is 2. The molecule has 1 fully saturated rings. The summed E-state index contributed by atoms with van der Waals surface area (Å²) in [4.78, 5) is 0. The molecule has 1 rings (SSSR count). The summed E-state index contributed by atoms with van der Waals surface area (Å²) < 4.78 is 16.6. The van der Waals surface area contributed by atoms with Crippen LogP contribution in [0.2, 0.25) is 0 Å². The quantitative estimate of drug-likeness (QED) is 0.661. The predicted molar refractivity (Wildman–Crippen MR) is 62.6 cm³/mol. The second-order valence-electron chi connectivity index (χ2n) is 4.38. The van der Waals surface area contributed by atoms with Gasteiger partial charge in [0.25, 0.3) is 0 Å². The van der Waals surface area contributed by atoms with Gasteiger partial charge in [0.2, 0.25) is 0 Å². The first kappa shape index (κ1) is 14.9. The first-order chi connectivity index (χ1) is 8.19. The van der Waals surface area contributed by atoms with Crippen LogP contribution in [0.4, 0.5) is 0 Å². The van der Waals surface area contributed by atoms with Gasteiger partial charge in [-0.2, -0.15) is 0 Å². The van der Waals surface area contributed by atoms with Crippen LogP contribution in [0.1, 0.15) is 33.1 Å². The summed E-state index contributed by atoms with van der Waals surface area (Å²) in [5.41, 5.74) is 0. The van der Waals surface area contributed by atoms with Crippen LogP contribution in [-0.2, 0) is 14.2 Å². The molecule has 102 valence electrons. The molecule has 0 bridgehead atoms. The fourth-order valence-electron chi connectivity index (χ4n) is 1.92. The molecule has 0 aromatic heterocycles. The highest BCUT2D eigenvalue weighted by atomic mass is 16.7. The molecule has 0 radical (unpaired) electrons. The fraction of sp³-hybridized carbons (Fsp3) is 1.00. The van der Waals surface area contributed by atoms with E-state index < -0.39 is 12.2 Å². The van der Waals surface area contributed by atoms with E-state index in [1.807, 2.05) is 0 Å². The summed E-state index contributed by atoms with van der Waals surface area (Å²) in [6.45, 7) is 4.36. The molecule has 0 saturated carbocycles. The molecule has 5 heteroatoms. The van der Waals surface area contributed by atoms with Gasteiger partial charge in [0.05, 0.1) is 25.9 Å². The van der Waals surface area contributed by atoms with E-state index in [0.717, 1.165) is 19.3 Å². The summed E-state index contributed by atoms with van der Waals surface area (Å²) in [5.74, 6) is 0. The van der Waals surface area contributed by atoms with E-state index in [2.05, 4.69) is 6.92 Å². The molecule has 1 aliphatic rings. The van der Waals surface area contributed by atoms with E-state index in [0.29, 0.717) is 6.61 Å². The maximum atomic E-state index is 9.62. The van der Waals surface area contributed by atoms with Gasteiger partial charge < -0.3 is 24.4 Å². The smallest absolute Gasteiger partial charge is 0.158 e. The van der Waals surface area contributed by atoms with Gasteiger partial charge in [-0.05, 0) is 19.8 Å². The summed E-state index contributed by atoms with van der Waals surface area (Å²) in [7, 11) is 0. The molecule has 1 saturated heterocycles. The van der Waals surface area contributed by atoms with E-state index in [1.165, 1.54) is 0 Å². The highest BCUT2D eigenvalue weighted by Crippen LogP contribution is 2.22. The Kier molecular flexibility index (Phi) is 6.99. The van der Waals surface area contributed by atoms with Crippen LogP contribution in [0, 0.1) is 0 Å². The lowest BCUT2D eigenvalue weighted by atomic mass is 10.1. The van der Waals surface area contributed by atoms with Crippen molar-refractivity contribution in [2.24, 2.45) is 0 Å². The van der Waals surface area contributed by atoms with Gasteiger partial charge in [-0.25, -0.2) is 0 Å². The Hall–Kier alpha value is -0.200. The molecule has 0 spiro atoms. The molecule has 0 amide bonds. The maximum absolute atomic E-state index is 9.62. The Balaban J connectivity index is 2.37. The third-order valence-electron chi connectivity index (χ3n) is 2.81. The van der Waals surface area contributed by atoms with Gasteiger partial charge in [0, 0.05) is 0 Å². The monoisotopic (exact) mass is 248 g/mol. The highest BCUT2D eigenvalue weighted by molar-refractivity contribution is 4.79. The number of ether oxygens (including phenoxy) is 3. The fourth-order valence-corrected chi connectivity index (χ4v) is 1.92. The minimum Gasteiger partial charge on any atom is -0.394 e. The molecule has 4 atom stereocenters. The van der Waals surface area contributed by atoms with Gasteiger partial charge in [-0.15, -0.1) is 0 Å². The molecule has 0 aromatic carbocycles. The van der Waals surface area contributed by atoms with Crippen molar-refractivity contribution in [3.63, 3.8) is 0 Å². The molecule has 2 unspecified atom stereocenters. The Morgan fingerprint density at radius 2 is 2.24 bits per heavy atom. The molecule has 0 aliphatic carbocycles. The average molecular weight is 248 g/mol. The largest absolute Gasteiger partial charge is 0.394 e. The number of aliphatic hydroxyl groups is 2. The third-order valence-corrected chi connectivity index (χ3v) is 2.81. The van der Waals surface area contributed by atoms with Crippen LogP contribution in [0.5, 0.6) is 0 Å². The van der Waals surface area contributed by atoms with E-state index in [-0.39, 0.29) is 25.6 Å². The zero-order valence-electron chi connectivity index (χ0n) is 10.7.